The van der Waals surface area contributed by atoms with E-state index in [2.05, 4.69) is 9.97 Å². The summed E-state index contributed by atoms with van der Waals surface area (Å²) in [5.74, 6) is 1.20. The Morgan fingerprint density at radius 2 is 0.976 bits per heavy atom. The van der Waals surface area contributed by atoms with Crippen LogP contribution in [-0.4, -0.2) is 33.0 Å². The molecule has 208 valence electrons. The lowest BCUT2D eigenvalue weighted by Crippen LogP contribution is -1.82. The number of benzene rings is 4. The van der Waals surface area contributed by atoms with Gasteiger partial charge >= 0.3 is 0 Å². The van der Waals surface area contributed by atoms with Crippen LogP contribution >= 0.6 is 22.7 Å². The average molecular weight is 597 g/mol. The summed E-state index contributed by atoms with van der Waals surface area (Å²) < 4.78 is 42.6. The van der Waals surface area contributed by atoms with E-state index in [0.29, 0.717) is 0 Å². The first-order valence-electron chi connectivity index (χ1n) is 12.9. The minimum Gasteiger partial charge on any atom is -0.497 e. The molecule has 4 heterocycles. The first-order chi connectivity index (χ1) is 20.5. The van der Waals surface area contributed by atoms with Crippen LogP contribution in [-0.2, 0) is 0 Å². The van der Waals surface area contributed by atoms with Gasteiger partial charge in [-0.25, -0.2) is 18.7 Å². The van der Waals surface area contributed by atoms with Crippen molar-refractivity contribution in [1.82, 2.24) is 18.8 Å². The Kier molecular flexibility index (Phi) is 6.56. The maximum Gasteiger partial charge on any atom is 0.195 e. The Bertz CT molecular complexity index is 2040. The third-order valence-corrected chi connectivity index (χ3v) is 8.92. The summed E-state index contributed by atoms with van der Waals surface area (Å²) in [6.45, 7) is 0. The van der Waals surface area contributed by atoms with Gasteiger partial charge in [-0.2, -0.15) is 0 Å². The quantitative estimate of drug-likeness (QED) is 0.204. The van der Waals surface area contributed by atoms with Gasteiger partial charge in [-0.05, 0) is 84.9 Å². The number of thiazole rings is 2. The van der Waals surface area contributed by atoms with Gasteiger partial charge in [0, 0.05) is 23.5 Å². The molecule has 0 unspecified atom stereocenters. The molecule has 8 aromatic rings. The topological polar surface area (TPSA) is 53.1 Å². The van der Waals surface area contributed by atoms with E-state index in [0.717, 1.165) is 64.4 Å². The molecule has 0 saturated heterocycles. The molecule has 10 heteroatoms. The predicted molar refractivity (Wildman–Crippen MR) is 165 cm³/mol. The van der Waals surface area contributed by atoms with Crippen molar-refractivity contribution in [3.63, 3.8) is 0 Å². The largest absolute Gasteiger partial charge is 0.497 e. The molecule has 4 aromatic carbocycles. The van der Waals surface area contributed by atoms with Crippen molar-refractivity contribution in [2.24, 2.45) is 0 Å². The minimum absolute atomic E-state index is 0.220. The smallest absolute Gasteiger partial charge is 0.195 e. The van der Waals surface area contributed by atoms with Crippen molar-refractivity contribution >= 4 is 53.0 Å². The third-order valence-electron chi connectivity index (χ3n) is 6.88. The maximum atomic E-state index is 13.3. The number of halogens is 2. The zero-order chi connectivity index (χ0) is 28.8. The Morgan fingerprint density at radius 1 is 0.571 bits per heavy atom. The monoisotopic (exact) mass is 596 g/mol. The van der Waals surface area contributed by atoms with Crippen LogP contribution in [0.3, 0.4) is 0 Å². The summed E-state index contributed by atoms with van der Waals surface area (Å²) in [6, 6.07) is 25.2. The second-order valence-electron chi connectivity index (χ2n) is 9.44. The number of hydrogen-bond acceptors (Lipinski definition) is 6. The van der Waals surface area contributed by atoms with Crippen molar-refractivity contribution in [2.75, 3.05) is 14.2 Å². The van der Waals surface area contributed by atoms with E-state index in [-0.39, 0.29) is 11.6 Å². The molecular formula is C32H22F2N4O2S2. The molecule has 0 radical (unpaired) electrons. The van der Waals surface area contributed by atoms with E-state index in [1.165, 1.54) is 34.8 Å². The van der Waals surface area contributed by atoms with Crippen molar-refractivity contribution in [2.45, 2.75) is 0 Å². The molecular weight excluding hydrogens is 575 g/mol. The average Bonchev–Trinajstić information content (AvgIpc) is 3.76. The van der Waals surface area contributed by atoms with Gasteiger partial charge in [-0.1, -0.05) is 22.7 Å². The highest BCUT2D eigenvalue weighted by Crippen LogP contribution is 2.32. The van der Waals surface area contributed by atoms with Crippen LogP contribution in [0, 0.1) is 11.6 Å². The Balaban J connectivity index is 0.000000137. The van der Waals surface area contributed by atoms with Crippen LogP contribution in [0.25, 0.3) is 52.9 Å². The molecule has 42 heavy (non-hydrogen) atoms. The van der Waals surface area contributed by atoms with Gasteiger partial charge in [-0.3, -0.25) is 8.80 Å². The Morgan fingerprint density at radius 3 is 1.36 bits per heavy atom. The fraction of sp³-hybridized carbons (Fsp3) is 0.0625. The molecule has 0 aliphatic heterocycles. The molecule has 0 aliphatic rings. The van der Waals surface area contributed by atoms with Gasteiger partial charge in [0.2, 0.25) is 0 Å². The molecule has 0 aliphatic carbocycles. The van der Waals surface area contributed by atoms with Gasteiger partial charge in [0.15, 0.2) is 9.92 Å². The molecule has 6 nitrogen and oxygen atoms in total. The van der Waals surface area contributed by atoms with Gasteiger partial charge in [0.1, 0.15) is 23.1 Å². The highest BCUT2D eigenvalue weighted by Gasteiger charge is 2.12. The van der Waals surface area contributed by atoms with Crippen LogP contribution in [0.15, 0.2) is 97.3 Å². The van der Waals surface area contributed by atoms with Gasteiger partial charge in [-0.15, -0.1) is 0 Å². The summed E-state index contributed by atoms with van der Waals surface area (Å²) in [7, 11) is 3.29. The number of aromatic nitrogens is 4. The van der Waals surface area contributed by atoms with E-state index < -0.39 is 0 Å². The molecule has 0 atom stereocenters. The summed E-state index contributed by atoms with van der Waals surface area (Å²) in [6.07, 6.45) is 3.96. The van der Waals surface area contributed by atoms with Crippen LogP contribution in [0.2, 0.25) is 0 Å². The molecule has 0 saturated carbocycles. The van der Waals surface area contributed by atoms with E-state index in [4.69, 9.17) is 9.47 Å². The fourth-order valence-electron chi connectivity index (χ4n) is 4.75. The van der Waals surface area contributed by atoms with Crippen molar-refractivity contribution in [1.29, 1.82) is 0 Å². The lowest BCUT2D eigenvalue weighted by molar-refractivity contribution is 0.415. The summed E-state index contributed by atoms with van der Waals surface area (Å²) in [5, 5.41) is 0. The molecule has 4 aromatic heterocycles. The van der Waals surface area contributed by atoms with Crippen molar-refractivity contribution in [3.05, 3.63) is 109 Å². The van der Waals surface area contributed by atoms with Crippen LogP contribution in [0.5, 0.6) is 11.5 Å². The number of nitrogens with zero attached hydrogens (tertiary/aromatic N) is 4. The SMILES string of the molecule is COc1ccc(-c2cn3c(n2)sc2cc(F)ccc23)cc1.COc1ccc(-c2cn3c(n2)sc2cc(F)ccc23)cc1. The molecule has 0 spiro atoms. The van der Waals surface area contributed by atoms with Gasteiger partial charge < -0.3 is 9.47 Å². The number of imidazole rings is 2. The second-order valence-corrected chi connectivity index (χ2v) is 11.5. The normalized spacial score (nSPS) is 11.3. The number of rotatable bonds is 4. The summed E-state index contributed by atoms with van der Waals surface area (Å²) >= 11 is 2.97. The summed E-state index contributed by atoms with van der Waals surface area (Å²) in [5.41, 5.74) is 5.81. The van der Waals surface area contributed by atoms with Crippen LogP contribution in [0.1, 0.15) is 0 Å². The first kappa shape index (κ1) is 26.1. The lowest BCUT2D eigenvalue weighted by Gasteiger charge is -2.00. The van der Waals surface area contributed by atoms with Crippen molar-refractivity contribution < 1.29 is 18.3 Å². The van der Waals surface area contributed by atoms with Gasteiger partial charge in [0.05, 0.1) is 46.0 Å². The Hall–Kier alpha value is -4.80. The number of methoxy groups -OCH3 is 2. The molecule has 8 rings (SSSR count). The van der Waals surface area contributed by atoms with E-state index in [1.807, 2.05) is 69.7 Å². The van der Waals surface area contributed by atoms with Crippen molar-refractivity contribution in [3.8, 4) is 34.0 Å². The molecule has 0 N–H and O–H groups in total. The number of fused-ring (bicyclic) bond motifs is 6. The number of ether oxygens (including phenoxy) is 2. The molecule has 0 fully saturated rings. The second kappa shape index (κ2) is 10.6. The minimum atomic E-state index is -0.220. The van der Waals surface area contributed by atoms with Crippen LogP contribution in [0.4, 0.5) is 8.78 Å². The van der Waals surface area contributed by atoms with Gasteiger partial charge in [0.25, 0.3) is 0 Å². The lowest BCUT2D eigenvalue weighted by atomic mass is 10.2. The Labute approximate surface area is 246 Å². The van der Waals surface area contributed by atoms with E-state index in [9.17, 15) is 8.78 Å². The first-order valence-corrected chi connectivity index (χ1v) is 14.6. The third kappa shape index (κ3) is 4.74. The predicted octanol–water partition coefficient (Wildman–Crippen LogP) is 8.73. The maximum absolute atomic E-state index is 13.3. The standard InChI is InChI=1S/2C16H11FN2OS/c2*1-20-12-5-2-10(3-6-12)13-9-19-14-7-4-11(17)8-15(14)21-16(19)18-13/h2*2-9H,1H3. The van der Waals surface area contributed by atoms with E-state index >= 15 is 0 Å². The number of hydrogen-bond donors (Lipinski definition) is 0. The summed E-state index contributed by atoms with van der Waals surface area (Å²) in [4.78, 5) is 11.0. The molecule has 0 bridgehead atoms. The van der Waals surface area contributed by atoms with E-state index in [1.54, 1.807) is 38.5 Å². The molecule has 0 amide bonds. The van der Waals surface area contributed by atoms with Crippen LogP contribution < -0.4 is 9.47 Å². The fourth-order valence-corrected chi connectivity index (χ4v) is 6.82. The highest BCUT2D eigenvalue weighted by atomic mass is 32.1. The zero-order valence-corrected chi connectivity index (χ0v) is 24.0. The zero-order valence-electron chi connectivity index (χ0n) is 22.4. The highest BCUT2D eigenvalue weighted by molar-refractivity contribution is 7.24.